The lowest BCUT2D eigenvalue weighted by atomic mass is 10.00. The van der Waals surface area contributed by atoms with Gasteiger partial charge in [0.25, 0.3) is 0 Å². The zero-order valence-electron chi connectivity index (χ0n) is 11.0. The average molecular weight is 278 g/mol. The molecule has 0 saturated carbocycles. The molecule has 0 aromatic carbocycles. The molecule has 1 aliphatic rings. The van der Waals surface area contributed by atoms with E-state index in [0.717, 1.165) is 31.8 Å². The zero-order valence-corrected chi connectivity index (χ0v) is 11.8. The van der Waals surface area contributed by atoms with Crippen LogP contribution in [-0.4, -0.2) is 29.0 Å². The number of rotatable bonds is 2. The summed E-state index contributed by atoms with van der Waals surface area (Å²) in [5, 5.41) is 3.23. The SMILES string of the molecule is CC1CCN(C(=S)NC(=O)C=Cc2ccco2)CC1. The van der Waals surface area contributed by atoms with Gasteiger partial charge in [0.2, 0.25) is 5.91 Å². The Kier molecular flexibility index (Phi) is 4.74. The normalized spacial score (nSPS) is 16.8. The van der Waals surface area contributed by atoms with Gasteiger partial charge in [-0.1, -0.05) is 6.92 Å². The second-order valence-corrected chi connectivity index (χ2v) is 5.20. The first-order valence-electron chi connectivity index (χ1n) is 6.46. The number of nitrogens with one attached hydrogen (secondary N) is 1. The molecule has 0 atom stereocenters. The van der Waals surface area contributed by atoms with Crippen LogP contribution in [0.5, 0.6) is 0 Å². The highest BCUT2D eigenvalue weighted by molar-refractivity contribution is 7.80. The van der Waals surface area contributed by atoms with Crippen LogP contribution in [0.1, 0.15) is 25.5 Å². The number of thiocarbonyl (C=S) groups is 1. The van der Waals surface area contributed by atoms with E-state index >= 15 is 0 Å². The molecule has 1 aromatic heterocycles. The quantitative estimate of drug-likeness (QED) is 0.666. The first-order chi connectivity index (χ1) is 9.15. The number of likely N-dealkylation sites (tertiary alicyclic amines) is 1. The van der Waals surface area contributed by atoms with Crippen LogP contribution >= 0.6 is 12.2 Å². The highest BCUT2D eigenvalue weighted by Gasteiger charge is 2.18. The van der Waals surface area contributed by atoms with Crippen molar-refractivity contribution < 1.29 is 9.21 Å². The first-order valence-corrected chi connectivity index (χ1v) is 6.87. The van der Waals surface area contributed by atoms with E-state index in [2.05, 4.69) is 12.2 Å². The monoisotopic (exact) mass is 278 g/mol. The third-order valence-electron chi connectivity index (χ3n) is 3.24. The molecule has 1 aromatic rings. The van der Waals surface area contributed by atoms with Crippen molar-refractivity contribution in [3.8, 4) is 0 Å². The second-order valence-electron chi connectivity index (χ2n) is 4.81. The van der Waals surface area contributed by atoms with Crippen LogP contribution in [0.25, 0.3) is 6.08 Å². The van der Waals surface area contributed by atoms with Crippen LogP contribution in [0.15, 0.2) is 28.9 Å². The minimum Gasteiger partial charge on any atom is -0.465 e. The Balaban J connectivity index is 1.80. The number of carbonyl (C=O) groups excluding carboxylic acids is 1. The zero-order chi connectivity index (χ0) is 13.7. The van der Waals surface area contributed by atoms with Gasteiger partial charge in [-0.25, -0.2) is 0 Å². The summed E-state index contributed by atoms with van der Waals surface area (Å²) in [7, 11) is 0. The third-order valence-corrected chi connectivity index (χ3v) is 3.60. The van der Waals surface area contributed by atoms with E-state index in [0.29, 0.717) is 10.9 Å². The van der Waals surface area contributed by atoms with Gasteiger partial charge in [0.05, 0.1) is 6.26 Å². The number of hydrogen-bond donors (Lipinski definition) is 1. The summed E-state index contributed by atoms with van der Waals surface area (Å²) in [6, 6.07) is 3.56. The van der Waals surface area contributed by atoms with E-state index in [-0.39, 0.29) is 5.91 Å². The van der Waals surface area contributed by atoms with Crippen LogP contribution in [0, 0.1) is 5.92 Å². The van der Waals surface area contributed by atoms with Gasteiger partial charge in [0, 0.05) is 19.2 Å². The summed E-state index contributed by atoms with van der Waals surface area (Å²) < 4.78 is 5.11. The van der Waals surface area contributed by atoms with E-state index in [1.54, 1.807) is 24.5 Å². The van der Waals surface area contributed by atoms with Crippen molar-refractivity contribution >= 4 is 29.3 Å². The summed E-state index contributed by atoms with van der Waals surface area (Å²) in [5.74, 6) is 1.17. The van der Waals surface area contributed by atoms with Crippen LogP contribution in [-0.2, 0) is 4.79 Å². The van der Waals surface area contributed by atoms with Crippen LogP contribution in [0.4, 0.5) is 0 Å². The lowest BCUT2D eigenvalue weighted by Gasteiger charge is -2.31. The molecule has 0 unspecified atom stereocenters. The summed E-state index contributed by atoms with van der Waals surface area (Å²) in [6.07, 6.45) is 6.86. The highest BCUT2D eigenvalue weighted by atomic mass is 32.1. The highest BCUT2D eigenvalue weighted by Crippen LogP contribution is 2.15. The summed E-state index contributed by atoms with van der Waals surface area (Å²) in [5.41, 5.74) is 0. The molecular weight excluding hydrogens is 260 g/mol. The number of hydrogen-bond acceptors (Lipinski definition) is 3. The van der Waals surface area contributed by atoms with Crippen molar-refractivity contribution in [2.24, 2.45) is 5.92 Å². The summed E-state index contributed by atoms with van der Waals surface area (Å²) in [6.45, 7) is 4.08. The number of amides is 1. The van der Waals surface area contributed by atoms with E-state index in [1.807, 2.05) is 4.90 Å². The number of carbonyl (C=O) groups is 1. The largest absolute Gasteiger partial charge is 0.465 e. The third kappa shape index (κ3) is 4.21. The Bertz CT molecular complexity index is 460. The molecule has 0 spiro atoms. The maximum Gasteiger partial charge on any atom is 0.250 e. The van der Waals surface area contributed by atoms with Crippen molar-refractivity contribution in [2.75, 3.05) is 13.1 Å². The Labute approximate surface area is 118 Å². The molecule has 1 amide bonds. The maximum absolute atomic E-state index is 11.7. The van der Waals surface area contributed by atoms with Gasteiger partial charge in [-0.15, -0.1) is 0 Å². The maximum atomic E-state index is 11.7. The van der Waals surface area contributed by atoms with Crippen molar-refractivity contribution in [1.29, 1.82) is 0 Å². The van der Waals surface area contributed by atoms with Crippen molar-refractivity contribution in [2.45, 2.75) is 19.8 Å². The fraction of sp³-hybridized carbons (Fsp3) is 0.429. The molecule has 0 radical (unpaired) electrons. The smallest absolute Gasteiger partial charge is 0.250 e. The minimum absolute atomic E-state index is 0.222. The van der Waals surface area contributed by atoms with Crippen molar-refractivity contribution in [1.82, 2.24) is 10.2 Å². The van der Waals surface area contributed by atoms with Gasteiger partial charge in [-0.3, -0.25) is 10.1 Å². The van der Waals surface area contributed by atoms with Gasteiger partial charge >= 0.3 is 0 Å². The van der Waals surface area contributed by atoms with Gasteiger partial charge in [-0.05, 0) is 49.2 Å². The molecule has 4 nitrogen and oxygen atoms in total. The van der Waals surface area contributed by atoms with E-state index < -0.39 is 0 Å². The van der Waals surface area contributed by atoms with E-state index in [9.17, 15) is 4.79 Å². The molecule has 2 heterocycles. The number of furan rings is 1. The molecule has 0 aliphatic carbocycles. The van der Waals surface area contributed by atoms with Crippen LogP contribution < -0.4 is 5.32 Å². The van der Waals surface area contributed by atoms with Crippen molar-refractivity contribution in [3.05, 3.63) is 30.2 Å². The molecule has 1 saturated heterocycles. The van der Waals surface area contributed by atoms with E-state index in [1.165, 1.54) is 6.08 Å². The lowest BCUT2D eigenvalue weighted by molar-refractivity contribution is -0.115. The van der Waals surface area contributed by atoms with Gasteiger partial charge in [-0.2, -0.15) is 0 Å². The topological polar surface area (TPSA) is 45.5 Å². The van der Waals surface area contributed by atoms with Gasteiger partial charge < -0.3 is 9.32 Å². The molecule has 19 heavy (non-hydrogen) atoms. The predicted octanol–water partition coefficient (Wildman–Crippen LogP) is 2.43. The molecular formula is C14H18N2O2S. The molecule has 2 rings (SSSR count). The van der Waals surface area contributed by atoms with Gasteiger partial charge in [0.1, 0.15) is 5.76 Å². The fourth-order valence-corrected chi connectivity index (χ4v) is 2.26. The molecule has 102 valence electrons. The lowest BCUT2D eigenvalue weighted by Crippen LogP contribution is -2.45. The van der Waals surface area contributed by atoms with Crippen LogP contribution in [0.3, 0.4) is 0 Å². The summed E-state index contributed by atoms with van der Waals surface area (Å²) in [4.78, 5) is 13.8. The summed E-state index contributed by atoms with van der Waals surface area (Å²) >= 11 is 5.24. The Morgan fingerprint density at radius 2 is 2.26 bits per heavy atom. The number of nitrogens with zero attached hydrogens (tertiary/aromatic N) is 1. The number of piperidine rings is 1. The van der Waals surface area contributed by atoms with Crippen molar-refractivity contribution in [3.63, 3.8) is 0 Å². The first kappa shape index (κ1) is 13.8. The van der Waals surface area contributed by atoms with Crippen LogP contribution in [0.2, 0.25) is 0 Å². The average Bonchev–Trinajstić information content (AvgIpc) is 2.90. The molecule has 0 bridgehead atoms. The second kappa shape index (κ2) is 6.52. The van der Waals surface area contributed by atoms with Gasteiger partial charge in [0.15, 0.2) is 5.11 Å². The molecule has 1 aliphatic heterocycles. The Morgan fingerprint density at radius 1 is 1.53 bits per heavy atom. The Hall–Kier alpha value is -1.62. The molecule has 1 fully saturated rings. The molecule has 1 N–H and O–H groups in total. The Morgan fingerprint density at radius 3 is 2.89 bits per heavy atom. The minimum atomic E-state index is -0.222. The van der Waals surface area contributed by atoms with E-state index in [4.69, 9.17) is 16.6 Å². The fourth-order valence-electron chi connectivity index (χ4n) is 1.98. The molecule has 5 heteroatoms. The standard InChI is InChI=1S/C14H18N2O2S/c1-11-6-8-16(9-7-11)14(19)15-13(17)5-4-12-3-2-10-18-12/h2-5,10-11H,6-9H2,1H3,(H,15,17,19). The predicted molar refractivity (Wildman–Crippen MR) is 78.5 cm³/mol.